The lowest BCUT2D eigenvalue weighted by molar-refractivity contribution is -0.384. The van der Waals surface area contributed by atoms with Crippen LogP contribution < -0.4 is 14.5 Å². The predicted octanol–water partition coefficient (Wildman–Crippen LogP) is 2.17. The van der Waals surface area contributed by atoms with Gasteiger partial charge in [0, 0.05) is 38.4 Å². The van der Waals surface area contributed by atoms with E-state index in [1.54, 1.807) is 6.20 Å². The highest BCUT2D eigenvalue weighted by atomic mass is 19.1. The van der Waals surface area contributed by atoms with Crippen LogP contribution in [0, 0.1) is 22.9 Å². The standard InChI is InChI=1S/C16H18FN5O3/c1-11-18-4-3-16(19-11)21-7-5-20(6-8-21)13-10-15(25-2)12(17)9-14(13)22(23)24/h3-4,9-10H,5-8H2,1-2H3. The Balaban J connectivity index is 1.82. The van der Waals surface area contributed by atoms with E-state index in [2.05, 4.69) is 14.9 Å². The molecule has 0 amide bonds. The number of methoxy groups -OCH3 is 1. The Morgan fingerprint density at radius 2 is 1.92 bits per heavy atom. The molecule has 0 spiro atoms. The number of hydrogen-bond acceptors (Lipinski definition) is 7. The van der Waals surface area contributed by atoms with Gasteiger partial charge >= 0.3 is 0 Å². The molecular weight excluding hydrogens is 329 g/mol. The fourth-order valence-electron chi connectivity index (χ4n) is 2.88. The molecule has 0 bridgehead atoms. The second kappa shape index (κ2) is 6.88. The first-order valence-electron chi connectivity index (χ1n) is 7.81. The van der Waals surface area contributed by atoms with Crippen LogP contribution in [0.25, 0.3) is 0 Å². The van der Waals surface area contributed by atoms with Crippen molar-refractivity contribution in [2.24, 2.45) is 0 Å². The summed E-state index contributed by atoms with van der Waals surface area (Å²) in [5.41, 5.74) is 0.103. The quantitative estimate of drug-likeness (QED) is 0.619. The smallest absolute Gasteiger partial charge is 0.295 e. The molecule has 0 aliphatic carbocycles. The van der Waals surface area contributed by atoms with Crippen molar-refractivity contribution < 1.29 is 14.1 Å². The third kappa shape index (κ3) is 3.44. The molecule has 0 radical (unpaired) electrons. The molecule has 132 valence electrons. The number of anilines is 2. The van der Waals surface area contributed by atoms with Crippen molar-refractivity contribution in [2.75, 3.05) is 43.1 Å². The number of hydrogen-bond donors (Lipinski definition) is 0. The van der Waals surface area contributed by atoms with Crippen LogP contribution in [0.4, 0.5) is 21.6 Å². The second-order valence-electron chi connectivity index (χ2n) is 5.67. The first-order chi connectivity index (χ1) is 12.0. The second-order valence-corrected chi connectivity index (χ2v) is 5.67. The molecule has 1 aliphatic heterocycles. The molecule has 1 fully saturated rings. The lowest BCUT2D eigenvalue weighted by Crippen LogP contribution is -2.47. The van der Waals surface area contributed by atoms with Gasteiger partial charge in [0.25, 0.3) is 5.69 Å². The minimum absolute atomic E-state index is 0.00513. The molecule has 1 aliphatic rings. The SMILES string of the molecule is COc1cc(N2CCN(c3ccnc(C)n3)CC2)c([N+](=O)[O-])cc1F. The summed E-state index contributed by atoms with van der Waals surface area (Å²) in [6.45, 7) is 4.23. The third-order valence-corrected chi connectivity index (χ3v) is 4.15. The molecule has 0 atom stereocenters. The number of piperazine rings is 1. The van der Waals surface area contributed by atoms with E-state index in [9.17, 15) is 14.5 Å². The lowest BCUT2D eigenvalue weighted by Gasteiger charge is -2.36. The molecule has 1 saturated heterocycles. The van der Waals surface area contributed by atoms with Gasteiger partial charge in [-0.15, -0.1) is 0 Å². The highest BCUT2D eigenvalue weighted by Gasteiger charge is 2.26. The van der Waals surface area contributed by atoms with Gasteiger partial charge in [0.15, 0.2) is 11.6 Å². The van der Waals surface area contributed by atoms with Gasteiger partial charge in [-0.2, -0.15) is 0 Å². The zero-order valence-corrected chi connectivity index (χ0v) is 14.0. The Bertz CT molecular complexity index is 793. The van der Waals surface area contributed by atoms with Crippen molar-refractivity contribution in [1.29, 1.82) is 0 Å². The number of aryl methyl sites for hydroxylation is 1. The fraction of sp³-hybridized carbons (Fsp3) is 0.375. The van der Waals surface area contributed by atoms with Crippen LogP contribution in [-0.2, 0) is 0 Å². The largest absolute Gasteiger partial charge is 0.494 e. The highest BCUT2D eigenvalue weighted by molar-refractivity contribution is 5.67. The first kappa shape index (κ1) is 16.9. The zero-order valence-electron chi connectivity index (χ0n) is 14.0. The van der Waals surface area contributed by atoms with E-state index in [0.717, 1.165) is 11.9 Å². The summed E-state index contributed by atoms with van der Waals surface area (Å²) >= 11 is 0. The number of benzene rings is 1. The average molecular weight is 347 g/mol. The van der Waals surface area contributed by atoms with Crippen molar-refractivity contribution in [3.63, 3.8) is 0 Å². The van der Waals surface area contributed by atoms with Gasteiger partial charge in [0.05, 0.1) is 18.1 Å². The normalized spacial score (nSPS) is 14.5. The molecule has 0 unspecified atom stereocenters. The summed E-state index contributed by atoms with van der Waals surface area (Å²) in [5.74, 6) is 0.777. The average Bonchev–Trinajstić information content (AvgIpc) is 2.61. The summed E-state index contributed by atoms with van der Waals surface area (Å²) in [5, 5.41) is 11.3. The Morgan fingerprint density at radius 3 is 2.52 bits per heavy atom. The number of nitro groups is 1. The van der Waals surface area contributed by atoms with Crippen LogP contribution in [0.2, 0.25) is 0 Å². The van der Waals surface area contributed by atoms with Crippen LogP contribution in [0.5, 0.6) is 5.75 Å². The third-order valence-electron chi connectivity index (χ3n) is 4.15. The Labute approximate surface area is 144 Å². The van der Waals surface area contributed by atoms with Crippen molar-refractivity contribution in [2.45, 2.75) is 6.92 Å². The molecular formula is C16H18FN5O3. The highest BCUT2D eigenvalue weighted by Crippen LogP contribution is 2.35. The van der Waals surface area contributed by atoms with E-state index < -0.39 is 10.7 Å². The summed E-state index contributed by atoms with van der Waals surface area (Å²) in [6, 6.07) is 4.14. The topological polar surface area (TPSA) is 84.6 Å². The fourth-order valence-corrected chi connectivity index (χ4v) is 2.88. The Morgan fingerprint density at radius 1 is 1.24 bits per heavy atom. The van der Waals surface area contributed by atoms with Gasteiger partial charge in [-0.05, 0) is 13.0 Å². The maximum absolute atomic E-state index is 13.8. The van der Waals surface area contributed by atoms with E-state index in [-0.39, 0.29) is 11.4 Å². The molecule has 1 aromatic carbocycles. The van der Waals surface area contributed by atoms with Gasteiger partial charge in [-0.3, -0.25) is 10.1 Å². The summed E-state index contributed by atoms with van der Waals surface area (Å²) < 4.78 is 18.8. The van der Waals surface area contributed by atoms with Crippen molar-refractivity contribution in [3.05, 3.63) is 46.2 Å². The number of halogens is 1. The summed E-state index contributed by atoms with van der Waals surface area (Å²) in [4.78, 5) is 23.2. The maximum atomic E-state index is 13.8. The van der Waals surface area contributed by atoms with E-state index >= 15 is 0 Å². The summed E-state index contributed by atoms with van der Waals surface area (Å²) in [7, 11) is 1.34. The minimum atomic E-state index is -0.743. The number of nitro benzene ring substituents is 1. The predicted molar refractivity (Wildman–Crippen MR) is 90.8 cm³/mol. The van der Waals surface area contributed by atoms with Crippen molar-refractivity contribution in [1.82, 2.24) is 9.97 Å². The van der Waals surface area contributed by atoms with Gasteiger partial charge in [0.2, 0.25) is 0 Å². The number of aromatic nitrogens is 2. The molecule has 3 rings (SSSR count). The van der Waals surface area contributed by atoms with Crippen LogP contribution in [0.3, 0.4) is 0 Å². The van der Waals surface area contributed by atoms with Crippen LogP contribution in [0.15, 0.2) is 24.4 Å². The van der Waals surface area contributed by atoms with E-state index in [4.69, 9.17) is 4.74 Å². The van der Waals surface area contributed by atoms with Gasteiger partial charge < -0.3 is 14.5 Å². The van der Waals surface area contributed by atoms with Gasteiger partial charge in [-0.1, -0.05) is 0 Å². The number of nitrogens with zero attached hydrogens (tertiary/aromatic N) is 5. The van der Waals surface area contributed by atoms with Crippen LogP contribution in [0.1, 0.15) is 5.82 Å². The van der Waals surface area contributed by atoms with Crippen LogP contribution >= 0.6 is 0 Å². The number of rotatable bonds is 4. The van der Waals surface area contributed by atoms with Gasteiger partial charge in [0.1, 0.15) is 17.3 Å². The molecule has 25 heavy (non-hydrogen) atoms. The van der Waals surface area contributed by atoms with Crippen molar-refractivity contribution in [3.8, 4) is 5.75 Å². The number of ether oxygens (including phenoxy) is 1. The molecule has 1 aromatic heterocycles. The van der Waals surface area contributed by atoms with Gasteiger partial charge in [-0.25, -0.2) is 14.4 Å². The molecule has 9 heteroatoms. The van der Waals surface area contributed by atoms with E-state index in [1.807, 2.05) is 17.9 Å². The lowest BCUT2D eigenvalue weighted by atomic mass is 10.2. The van der Waals surface area contributed by atoms with Crippen LogP contribution in [-0.4, -0.2) is 48.2 Å². The zero-order chi connectivity index (χ0) is 18.0. The molecule has 0 N–H and O–H groups in total. The summed E-state index contributed by atoms with van der Waals surface area (Å²) in [6.07, 6.45) is 1.71. The maximum Gasteiger partial charge on any atom is 0.295 e. The van der Waals surface area contributed by atoms with E-state index in [1.165, 1.54) is 13.2 Å². The Hall–Kier alpha value is -2.97. The molecule has 0 saturated carbocycles. The Kier molecular flexibility index (Phi) is 4.64. The molecule has 2 aromatic rings. The first-order valence-corrected chi connectivity index (χ1v) is 7.81. The van der Waals surface area contributed by atoms with E-state index in [0.29, 0.717) is 37.7 Å². The molecule has 2 heterocycles. The molecule has 8 nitrogen and oxygen atoms in total. The monoisotopic (exact) mass is 347 g/mol. The van der Waals surface area contributed by atoms with Crippen molar-refractivity contribution >= 4 is 17.2 Å². The minimum Gasteiger partial charge on any atom is -0.494 e.